The van der Waals surface area contributed by atoms with Crippen molar-refractivity contribution in [3.05, 3.63) is 0 Å². The fourth-order valence-corrected chi connectivity index (χ4v) is 1.73. The zero-order chi connectivity index (χ0) is 10.2. The Bertz CT molecular complexity index is 250. The Morgan fingerprint density at radius 1 is 1.29 bits per heavy atom. The lowest BCUT2D eigenvalue weighted by molar-refractivity contribution is 0.533. The molecule has 0 unspecified atom stereocenters. The highest BCUT2D eigenvalue weighted by Gasteiger charge is 1.99. The normalized spacial score (nSPS) is 10.6. The predicted octanol–water partition coefficient (Wildman–Crippen LogP) is 1.18. The van der Waals surface area contributed by atoms with E-state index in [1.807, 2.05) is 11.8 Å². The van der Waals surface area contributed by atoms with Crippen molar-refractivity contribution in [2.75, 3.05) is 17.7 Å². The van der Waals surface area contributed by atoms with Crippen LogP contribution in [0, 0.1) is 0 Å². The number of nitrogens with two attached hydrogens (primary N) is 1. The molecule has 1 aromatic rings. The summed E-state index contributed by atoms with van der Waals surface area (Å²) in [5.41, 5.74) is 5.53. The Balaban J connectivity index is 2.02. The van der Waals surface area contributed by atoms with Crippen LogP contribution in [0.4, 0.5) is 5.95 Å². The Morgan fingerprint density at radius 2 is 2.07 bits per heavy atom. The van der Waals surface area contributed by atoms with Crippen LogP contribution in [-0.2, 0) is 6.54 Å². The number of thioether (sulfide) groups is 1. The summed E-state index contributed by atoms with van der Waals surface area (Å²) in [4.78, 5) is 0. The number of hydrogen-bond acceptors (Lipinski definition) is 5. The van der Waals surface area contributed by atoms with Crippen LogP contribution in [0.5, 0.6) is 0 Å². The van der Waals surface area contributed by atoms with Crippen LogP contribution in [0.3, 0.4) is 0 Å². The smallest absolute Gasteiger partial charge is 0.240 e. The predicted molar refractivity (Wildman–Crippen MR) is 59.1 cm³/mol. The van der Waals surface area contributed by atoms with Gasteiger partial charge in [0.2, 0.25) is 5.95 Å². The number of aryl methyl sites for hydroxylation is 1. The molecule has 0 spiro atoms. The minimum atomic E-state index is 0.411. The SMILES string of the molecule is CSCCCCCCn1nnnc1N. The van der Waals surface area contributed by atoms with Crippen molar-refractivity contribution >= 4 is 17.7 Å². The van der Waals surface area contributed by atoms with Gasteiger partial charge in [0, 0.05) is 6.54 Å². The number of rotatable bonds is 7. The van der Waals surface area contributed by atoms with Gasteiger partial charge < -0.3 is 5.73 Å². The molecule has 0 aliphatic heterocycles. The summed E-state index contributed by atoms with van der Waals surface area (Å²) in [6.07, 6.45) is 7.04. The number of hydrogen-bond donors (Lipinski definition) is 1. The fourth-order valence-electron chi connectivity index (χ4n) is 1.23. The molecule has 0 aliphatic carbocycles. The molecule has 2 N–H and O–H groups in total. The maximum absolute atomic E-state index is 5.53. The molecule has 1 heterocycles. The van der Waals surface area contributed by atoms with E-state index < -0.39 is 0 Å². The first-order chi connectivity index (χ1) is 6.84. The average molecular weight is 215 g/mol. The Hall–Kier alpha value is -0.780. The largest absolute Gasteiger partial charge is 0.367 e. The molecule has 5 nitrogen and oxygen atoms in total. The molecule has 0 saturated heterocycles. The van der Waals surface area contributed by atoms with Gasteiger partial charge >= 0.3 is 0 Å². The first kappa shape index (κ1) is 11.3. The van der Waals surface area contributed by atoms with Crippen LogP contribution < -0.4 is 5.73 Å². The minimum absolute atomic E-state index is 0.411. The highest BCUT2D eigenvalue weighted by Crippen LogP contribution is 2.06. The Labute approximate surface area is 88.4 Å². The lowest BCUT2D eigenvalue weighted by Gasteiger charge is -2.01. The Morgan fingerprint density at radius 3 is 2.71 bits per heavy atom. The number of unbranched alkanes of at least 4 members (excludes halogenated alkanes) is 3. The van der Waals surface area contributed by atoms with Gasteiger partial charge in [-0.2, -0.15) is 11.8 Å². The summed E-state index contributed by atoms with van der Waals surface area (Å²) < 4.78 is 1.65. The zero-order valence-corrected chi connectivity index (χ0v) is 9.33. The Kier molecular flexibility index (Phi) is 5.36. The van der Waals surface area contributed by atoms with Gasteiger partial charge in [-0.1, -0.05) is 17.9 Å². The topological polar surface area (TPSA) is 69.6 Å². The molecule has 0 bridgehead atoms. The van der Waals surface area contributed by atoms with E-state index in [4.69, 9.17) is 5.73 Å². The number of tetrazole rings is 1. The van der Waals surface area contributed by atoms with E-state index in [2.05, 4.69) is 21.8 Å². The van der Waals surface area contributed by atoms with Crippen LogP contribution in [0.2, 0.25) is 0 Å². The summed E-state index contributed by atoms with van der Waals surface area (Å²) in [5, 5.41) is 10.9. The van der Waals surface area contributed by atoms with Crippen molar-refractivity contribution in [3.63, 3.8) is 0 Å². The second-order valence-electron chi connectivity index (χ2n) is 3.17. The second kappa shape index (κ2) is 6.64. The van der Waals surface area contributed by atoms with E-state index in [1.165, 1.54) is 25.0 Å². The standard InChI is InChI=1S/C8H17N5S/c1-14-7-5-3-2-4-6-13-8(9)10-11-12-13/h2-7H2,1H3,(H2,9,10,12). The third kappa shape index (κ3) is 3.95. The molecule has 0 atom stereocenters. The van der Waals surface area contributed by atoms with E-state index in [0.29, 0.717) is 5.95 Å². The molecule has 1 rings (SSSR count). The fraction of sp³-hybridized carbons (Fsp3) is 0.875. The van der Waals surface area contributed by atoms with Crippen molar-refractivity contribution in [2.24, 2.45) is 0 Å². The summed E-state index contributed by atoms with van der Waals surface area (Å²) in [6.45, 7) is 0.831. The summed E-state index contributed by atoms with van der Waals surface area (Å²) in [6, 6.07) is 0. The van der Waals surface area contributed by atoms with Crippen molar-refractivity contribution in [2.45, 2.75) is 32.2 Å². The van der Waals surface area contributed by atoms with E-state index in [-0.39, 0.29) is 0 Å². The molecular weight excluding hydrogens is 198 g/mol. The molecule has 0 aromatic carbocycles. The van der Waals surface area contributed by atoms with E-state index in [0.717, 1.165) is 13.0 Å². The quantitative estimate of drug-likeness (QED) is 0.692. The van der Waals surface area contributed by atoms with Crippen LogP contribution in [0.1, 0.15) is 25.7 Å². The highest BCUT2D eigenvalue weighted by atomic mass is 32.2. The minimum Gasteiger partial charge on any atom is -0.367 e. The molecule has 1 aromatic heterocycles. The third-order valence-corrected chi connectivity index (χ3v) is 2.72. The molecule has 0 radical (unpaired) electrons. The maximum atomic E-state index is 5.53. The number of nitrogen functional groups attached to an aromatic ring is 1. The number of aromatic nitrogens is 4. The van der Waals surface area contributed by atoms with Crippen molar-refractivity contribution in [1.82, 2.24) is 20.2 Å². The van der Waals surface area contributed by atoms with Gasteiger partial charge in [0.05, 0.1) is 0 Å². The van der Waals surface area contributed by atoms with Crippen LogP contribution in [0.15, 0.2) is 0 Å². The van der Waals surface area contributed by atoms with Gasteiger partial charge in [0.25, 0.3) is 0 Å². The zero-order valence-electron chi connectivity index (χ0n) is 8.52. The molecule has 0 amide bonds. The van der Waals surface area contributed by atoms with Gasteiger partial charge in [0.15, 0.2) is 0 Å². The van der Waals surface area contributed by atoms with Gasteiger partial charge in [-0.3, -0.25) is 0 Å². The number of anilines is 1. The average Bonchev–Trinajstić information content (AvgIpc) is 2.58. The van der Waals surface area contributed by atoms with Crippen molar-refractivity contribution < 1.29 is 0 Å². The highest BCUT2D eigenvalue weighted by molar-refractivity contribution is 7.98. The van der Waals surface area contributed by atoms with Crippen molar-refractivity contribution in [1.29, 1.82) is 0 Å². The monoisotopic (exact) mass is 215 g/mol. The summed E-state index contributed by atoms with van der Waals surface area (Å²) in [7, 11) is 0. The summed E-state index contributed by atoms with van der Waals surface area (Å²) in [5.74, 6) is 1.67. The second-order valence-corrected chi connectivity index (χ2v) is 4.15. The van der Waals surface area contributed by atoms with Crippen LogP contribution in [-0.4, -0.2) is 32.2 Å². The number of nitrogens with zero attached hydrogens (tertiary/aromatic N) is 4. The first-order valence-corrected chi connectivity index (χ1v) is 6.24. The van der Waals surface area contributed by atoms with E-state index in [1.54, 1.807) is 4.68 Å². The first-order valence-electron chi connectivity index (χ1n) is 4.85. The van der Waals surface area contributed by atoms with Gasteiger partial charge in [-0.25, -0.2) is 4.68 Å². The van der Waals surface area contributed by atoms with Gasteiger partial charge in [0.1, 0.15) is 0 Å². The molecular formula is C8H17N5S. The van der Waals surface area contributed by atoms with Gasteiger partial charge in [-0.05, 0) is 35.3 Å². The molecule has 14 heavy (non-hydrogen) atoms. The van der Waals surface area contributed by atoms with Crippen LogP contribution >= 0.6 is 11.8 Å². The molecule has 80 valence electrons. The summed E-state index contributed by atoms with van der Waals surface area (Å²) >= 11 is 1.90. The molecule has 6 heteroatoms. The molecule has 0 saturated carbocycles. The van der Waals surface area contributed by atoms with Crippen LogP contribution in [0.25, 0.3) is 0 Å². The van der Waals surface area contributed by atoms with Gasteiger partial charge in [-0.15, -0.1) is 0 Å². The lowest BCUT2D eigenvalue weighted by atomic mass is 10.2. The lowest BCUT2D eigenvalue weighted by Crippen LogP contribution is -2.05. The van der Waals surface area contributed by atoms with Crippen molar-refractivity contribution in [3.8, 4) is 0 Å². The third-order valence-electron chi connectivity index (χ3n) is 2.03. The van der Waals surface area contributed by atoms with E-state index >= 15 is 0 Å². The maximum Gasteiger partial charge on any atom is 0.240 e. The van der Waals surface area contributed by atoms with E-state index in [9.17, 15) is 0 Å². The molecule has 0 aliphatic rings. The molecule has 0 fully saturated rings.